The second-order valence-corrected chi connectivity index (χ2v) is 5.51. The van der Waals surface area contributed by atoms with Gasteiger partial charge in [0.15, 0.2) is 0 Å². The van der Waals surface area contributed by atoms with E-state index >= 15 is 0 Å². The normalized spacial score (nSPS) is 16.6. The minimum atomic E-state index is -0.145. The molecule has 0 atom stereocenters. The summed E-state index contributed by atoms with van der Waals surface area (Å²) in [5.74, 6) is 1.58. The van der Waals surface area contributed by atoms with Crippen molar-refractivity contribution in [2.45, 2.75) is 26.7 Å². The molecule has 1 aliphatic heterocycles. The maximum atomic E-state index is 11.2. The summed E-state index contributed by atoms with van der Waals surface area (Å²) in [5.41, 5.74) is 2.32. The third-order valence-electron chi connectivity index (χ3n) is 3.92. The van der Waals surface area contributed by atoms with Gasteiger partial charge in [-0.05, 0) is 25.7 Å². The molecule has 3 heterocycles. The standard InChI is InChI=1S/C14H19N5O/c1-9-3-5-19(6-4-9)14-15-8-11(10(2)16-14)12-7-13(20)18-17-12/h7-9H,3-6H2,1-2H3,(H2,17,18,20). The number of rotatable bonds is 2. The molecule has 0 saturated carbocycles. The van der Waals surface area contributed by atoms with Gasteiger partial charge < -0.3 is 4.90 Å². The second-order valence-electron chi connectivity index (χ2n) is 5.51. The predicted octanol–water partition coefficient (Wildman–Crippen LogP) is 1.70. The van der Waals surface area contributed by atoms with Gasteiger partial charge in [0.05, 0.1) is 11.4 Å². The molecule has 2 aromatic rings. The van der Waals surface area contributed by atoms with Gasteiger partial charge in [-0.1, -0.05) is 6.92 Å². The van der Waals surface area contributed by atoms with Gasteiger partial charge in [0.2, 0.25) is 5.95 Å². The van der Waals surface area contributed by atoms with Gasteiger partial charge in [0.25, 0.3) is 5.56 Å². The molecule has 1 fully saturated rings. The Balaban J connectivity index is 1.86. The van der Waals surface area contributed by atoms with Crippen molar-refractivity contribution in [1.82, 2.24) is 20.2 Å². The van der Waals surface area contributed by atoms with Crippen LogP contribution < -0.4 is 10.5 Å². The number of nitrogens with zero attached hydrogens (tertiary/aromatic N) is 3. The van der Waals surface area contributed by atoms with Crippen LogP contribution in [-0.4, -0.2) is 33.3 Å². The van der Waals surface area contributed by atoms with Crippen molar-refractivity contribution in [3.63, 3.8) is 0 Å². The number of aromatic amines is 2. The lowest BCUT2D eigenvalue weighted by Gasteiger charge is -2.30. The molecule has 6 heteroatoms. The van der Waals surface area contributed by atoms with Crippen LogP contribution in [0.5, 0.6) is 0 Å². The number of aromatic nitrogens is 4. The molecule has 0 radical (unpaired) electrons. The van der Waals surface area contributed by atoms with Crippen molar-refractivity contribution in [2.75, 3.05) is 18.0 Å². The molecule has 0 unspecified atom stereocenters. The maximum Gasteiger partial charge on any atom is 0.264 e. The first-order valence-corrected chi connectivity index (χ1v) is 7.00. The van der Waals surface area contributed by atoms with Crippen molar-refractivity contribution in [3.05, 3.63) is 28.3 Å². The molecule has 20 heavy (non-hydrogen) atoms. The smallest absolute Gasteiger partial charge is 0.264 e. The Bertz CT molecular complexity index is 652. The zero-order valence-electron chi connectivity index (χ0n) is 11.8. The maximum absolute atomic E-state index is 11.2. The summed E-state index contributed by atoms with van der Waals surface area (Å²) in [6.45, 7) is 6.26. The first-order valence-electron chi connectivity index (χ1n) is 7.00. The number of H-pyrrole nitrogens is 2. The van der Waals surface area contributed by atoms with Crippen LogP contribution in [0.2, 0.25) is 0 Å². The van der Waals surface area contributed by atoms with Gasteiger partial charge >= 0.3 is 0 Å². The number of anilines is 1. The third-order valence-corrected chi connectivity index (χ3v) is 3.92. The molecule has 0 spiro atoms. The molecule has 0 aromatic carbocycles. The van der Waals surface area contributed by atoms with E-state index in [9.17, 15) is 4.79 Å². The summed E-state index contributed by atoms with van der Waals surface area (Å²) in [5, 5.41) is 5.37. The summed E-state index contributed by atoms with van der Waals surface area (Å²) in [4.78, 5) is 22.5. The first-order chi connectivity index (χ1) is 9.63. The number of aryl methyl sites for hydroxylation is 1. The topological polar surface area (TPSA) is 77.7 Å². The predicted molar refractivity (Wildman–Crippen MR) is 77.8 cm³/mol. The van der Waals surface area contributed by atoms with Gasteiger partial charge in [-0.25, -0.2) is 9.97 Å². The fraction of sp³-hybridized carbons (Fsp3) is 0.500. The van der Waals surface area contributed by atoms with E-state index in [1.165, 1.54) is 18.9 Å². The van der Waals surface area contributed by atoms with Crippen LogP contribution in [0.3, 0.4) is 0 Å². The Morgan fingerprint density at radius 1 is 1.30 bits per heavy atom. The molecular weight excluding hydrogens is 254 g/mol. The van der Waals surface area contributed by atoms with Crippen molar-refractivity contribution in [1.29, 1.82) is 0 Å². The molecule has 0 bridgehead atoms. The molecule has 0 aliphatic carbocycles. The fourth-order valence-corrected chi connectivity index (χ4v) is 2.56. The van der Waals surface area contributed by atoms with Crippen LogP contribution in [0.25, 0.3) is 11.3 Å². The highest BCUT2D eigenvalue weighted by atomic mass is 16.1. The van der Waals surface area contributed by atoms with Crippen molar-refractivity contribution < 1.29 is 0 Å². The lowest BCUT2D eigenvalue weighted by Crippen LogP contribution is -2.34. The lowest BCUT2D eigenvalue weighted by molar-refractivity contribution is 0.434. The average Bonchev–Trinajstić information content (AvgIpc) is 2.86. The van der Waals surface area contributed by atoms with E-state index in [2.05, 4.69) is 32.0 Å². The van der Waals surface area contributed by atoms with E-state index in [0.29, 0.717) is 0 Å². The first kappa shape index (κ1) is 12.9. The number of piperidine rings is 1. The minimum Gasteiger partial charge on any atom is -0.341 e. The van der Waals surface area contributed by atoms with Crippen LogP contribution in [0, 0.1) is 12.8 Å². The molecular formula is C14H19N5O. The highest BCUT2D eigenvalue weighted by Crippen LogP contribution is 2.23. The Labute approximate surface area is 117 Å². The highest BCUT2D eigenvalue weighted by molar-refractivity contribution is 5.61. The van der Waals surface area contributed by atoms with Crippen molar-refractivity contribution in [2.24, 2.45) is 5.92 Å². The van der Waals surface area contributed by atoms with Gasteiger partial charge in [-0.2, -0.15) is 0 Å². The molecule has 2 aromatic heterocycles. The van der Waals surface area contributed by atoms with Gasteiger partial charge in [0.1, 0.15) is 0 Å². The number of nitrogens with one attached hydrogen (secondary N) is 2. The van der Waals surface area contributed by atoms with E-state index in [-0.39, 0.29) is 5.56 Å². The molecule has 0 amide bonds. The summed E-state index contributed by atoms with van der Waals surface area (Å²) < 4.78 is 0. The molecule has 106 valence electrons. The summed E-state index contributed by atoms with van der Waals surface area (Å²) >= 11 is 0. The van der Waals surface area contributed by atoms with E-state index in [1.54, 1.807) is 6.20 Å². The Hall–Kier alpha value is -2.11. The third kappa shape index (κ3) is 2.45. The van der Waals surface area contributed by atoms with Crippen LogP contribution in [-0.2, 0) is 0 Å². The van der Waals surface area contributed by atoms with Crippen LogP contribution >= 0.6 is 0 Å². The van der Waals surface area contributed by atoms with E-state index in [4.69, 9.17) is 0 Å². The number of hydrogen-bond donors (Lipinski definition) is 2. The fourth-order valence-electron chi connectivity index (χ4n) is 2.56. The minimum absolute atomic E-state index is 0.145. The van der Waals surface area contributed by atoms with Gasteiger partial charge in [-0.3, -0.25) is 15.0 Å². The Morgan fingerprint density at radius 2 is 2.05 bits per heavy atom. The molecule has 1 saturated heterocycles. The SMILES string of the molecule is Cc1nc(N2CCC(C)CC2)ncc1-c1cc(=O)[nH][nH]1. The van der Waals surface area contributed by atoms with E-state index in [0.717, 1.165) is 41.9 Å². The van der Waals surface area contributed by atoms with Gasteiger partial charge in [0, 0.05) is 30.9 Å². The lowest BCUT2D eigenvalue weighted by atomic mass is 10.00. The quantitative estimate of drug-likeness (QED) is 0.873. The molecule has 2 N–H and O–H groups in total. The number of hydrogen-bond acceptors (Lipinski definition) is 4. The van der Waals surface area contributed by atoms with Gasteiger partial charge in [-0.15, -0.1) is 0 Å². The van der Waals surface area contributed by atoms with Crippen LogP contribution in [0.4, 0.5) is 5.95 Å². The average molecular weight is 273 g/mol. The Morgan fingerprint density at radius 3 is 2.65 bits per heavy atom. The highest BCUT2D eigenvalue weighted by Gasteiger charge is 2.18. The molecule has 1 aliphatic rings. The van der Waals surface area contributed by atoms with E-state index in [1.807, 2.05) is 6.92 Å². The molecule has 3 rings (SSSR count). The molecule has 6 nitrogen and oxygen atoms in total. The van der Waals surface area contributed by atoms with Crippen molar-refractivity contribution >= 4 is 5.95 Å². The summed E-state index contributed by atoms with van der Waals surface area (Å²) in [7, 11) is 0. The monoisotopic (exact) mass is 273 g/mol. The van der Waals surface area contributed by atoms with Crippen LogP contribution in [0.15, 0.2) is 17.1 Å². The van der Waals surface area contributed by atoms with Crippen molar-refractivity contribution in [3.8, 4) is 11.3 Å². The van der Waals surface area contributed by atoms with E-state index < -0.39 is 0 Å². The largest absolute Gasteiger partial charge is 0.341 e. The Kier molecular flexibility index (Phi) is 3.30. The zero-order valence-corrected chi connectivity index (χ0v) is 11.8. The summed E-state index contributed by atoms with van der Waals surface area (Å²) in [6, 6.07) is 1.52. The zero-order chi connectivity index (χ0) is 14.1. The second kappa shape index (κ2) is 5.11. The summed E-state index contributed by atoms with van der Waals surface area (Å²) in [6.07, 6.45) is 4.17. The van der Waals surface area contributed by atoms with Crippen LogP contribution in [0.1, 0.15) is 25.5 Å².